The van der Waals surface area contributed by atoms with Gasteiger partial charge in [0.25, 0.3) is 0 Å². The SMILES string of the molecule is CC(C)C(=O)N1CC2(C[C@H](Oc3ccccn3)CS2)C1. The highest BCUT2D eigenvalue weighted by Gasteiger charge is 2.51. The van der Waals surface area contributed by atoms with Gasteiger partial charge in [0, 0.05) is 43.4 Å². The van der Waals surface area contributed by atoms with E-state index in [1.807, 2.05) is 48.7 Å². The van der Waals surface area contributed by atoms with E-state index in [0.717, 1.165) is 25.3 Å². The summed E-state index contributed by atoms with van der Waals surface area (Å²) >= 11 is 1.95. The molecular weight excluding hydrogens is 272 g/mol. The fourth-order valence-electron chi connectivity index (χ4n) is 2.86. The number of aromatic nitrogens is 1. The van der Waals surface area contributed by atoms with Gasteiger partial charge in [-0.3, -0.25) is 4.79 Å². The molecule has 2 saturated heterocycles. The van der Waals surface area contributed by atoms with E-state index in [0.29, 0.717) is 5.88 Å². The molecule has 0 aliphatic carbocycles. The van der Waals surface area contributed by atoms with Crippen LogP contribution in [0.1, 0.15) is 20.3 Å². The van der Waals surface area contributed by atoms with E-state index >= 15 is 0 Å². The molecule has 2 aliphatic rings. The predicted octanol–water partition coefficient (Wildman–Crippen LogP) is 2.20. The third kappa shape index (κ3) is 2.64. The smallest absolute Gasteiger partial charge is 0.225 e. The van der Waals surface area contributed by atoms with Gasteiger partial charge in [0.15, 0.2) is 0 Å². The Hall–Kier alpha value is -1.23. The third-order valence-electron chi connectivity index (χ3n) is 3.86. The van der Waals surface area contributed by atoms with Crippen LogP contribution in [0, 0.1) is 5.92 Å². The van der Waals surface area contributed by atoms with Crippen molar-refractivity contribution in [2.75, 3.05) is 18.8 Å². The van der Waals surface area contributed by atoms with Crippen molar-refractivity contribution in [1.29, 1.82) is 0 Å². The highest BCUT2D eigenvalue weighted by molar-refractivity contribution is 8.01. The number of nitrogens with zero attached hydrogens (tertiary/aromatic N) is 2. The summed E-state index contributed by atoms with van der Waals surface area (Å²) in [5, 5.41) is 0. The number of hydrogen-bond acceptors (Lipinski definition) is 4. The second-order valence-corrected chi connectivity index (χ2v) is 7.44. The Labute approximate surface area is 123 Å². The van der Waals surface area contributed by atoms with Crippen molar-refractivity contribution in [1.82, 2.24) is 9.88 Å². The van der Waals surface area contributed by atoms with E-state index in [4.69, 9.17) is 4.74 Å². The Morgan fingerprint density at radius 1 is 1.50 bits per heavy atom. The van der Waals surface area contributed by atoms with Gasteiger partial charge in [-0.2, -0.15) is 0 Å². The molecular formula is C15H20N2O2S. The fourth-order valence-corrected chi connectivity index (χ4v) is 4.38. The number of hydrogen-bond donors (Lipinski definition) is 0. The molecule has 5 heteroatoms. The Bertz CT molecular complexity index is 486. The molecule has 1 aromatic heterocycles. The van der Waals surface area contributed by atoms with Crippen molar-refractivity contribution < 1.29 is 9.53 Å². The second kappa shape index (κ2) is 5.28. The van der Waals surface area contributed by atoms with E-state index in [1.165, 1.54) is 0 Å². The molecule has 2 fully saturated rings. The molecule has 3 rings (SSSR count). The van der Waals surface area contributed by atoms with E-state index in [9.17, 15) is 4.79 Å². The highest BCUT2D eigenvalue weighted by atomic mass is 32.2. The van der Waals surface area contributed by atoms with Crippen molar-refractivity contribution in [3.8, 4) is 5.88 Å². The maximum Gasteiger partial charge on any atom is 0.225 e. The molecule has 4 nitrogen and oxygen atoms in total. The van der Waals surface area contributed by atoms with Crippen molar-refractivity contribution >= 4 is 17.7 Å². The molecule has 0 aromatic carbocycles. The quantitative estimate of drug-likeness (QED) is 0.856. The van der Waals surface area contributed by atoms with E-state index in [2.05, 4.69) is 4.98 Å². The first-order chi connectivity index (χ1) is 9.58. The first-order valence-electron chi connectivity index (χ1n) is 7.08. The average molecular weight is 292 g/mol. The Morgan fingerprint density at radius 2 is 2.30 bits per heavy atom. The molecule has 0 radical (unpaired) electrons. The van der Waals surface area contributed by atoms with Gasteiger partial charge < -0.3 is 9.64 Å². The van der Waals surface area contributed by atoms with Gasteiger partial charge >= 0.3 is 0 Å². The van der Waals surface area contributed by atoms with Crippen LogP contribution in [-0.2, 0) is 4.79 Å². The zero-order chi connectivity index (χ0) is 14.2. The molecule has 2 aliphatic heterocycles. The molecule has 1 amide bonds. The topological polar surface area (TPSA) is 42.4 Å². The third-order valence-corrected chi connectivity index (χ3v) is 5.44. The Balaban J connectivity index is 1.53. The monoisotopic (exact) mass is 292 g/mol. The normalized spacial score (nSPS) is 23.9. The summed E-state index contributed by atoms with van der Waals surface area (Å²) in [5.74, 6) is 2.05. The molecule has 1 atom stereocenters. The number of carbonyl (C=O) groups is 1. The van der Waals surface area contributed by atoms with Crippen molar-refractivity contribution in [3.05, 3.63) is 24.4 Å². The molecule has 1 spiro atoms. The van der Waals surface area contributed by atoms with Crippen LogP contribution in [0.15, 0.2) is 24.4 Å². The van der Waals surface area contributed by atoms with Crippen LogP contribution in [0.25, 0.3) is 0 Å². The standard InChI is InChI=1S/C15H20N2O2S/c1-11(2)14(18)17-9-15(10-17)7-12(8-20-15)19-13-5-3-4-6-16-13/h3-6,11-12H,7-10H2,1-2H3/t12-/m0/s1. The van der Waals surface area contributed by atoms with Gasteiger partial charge in [0.1, 0.15) is 6.10 Å². The van der Waals surface area contributed by atoms with Gasteiger partial charge in [-0.1, -0.05) is 19.9 Å². The number of ether oxygens (including phenoxy) is 1. The van der Waals surface area contributed by atoms with Crippen LogP contribution in [-0.4, -0.2) is 45.5 Å². The number of rotatable bonds is 3. The maximum absolute atomic E-state index is 11.9. The highest BCUT2D eigenvalue weighted by Crippen LogP contribution is 2.46. The van der Waals surface area contributed by atoms with E-state index < -0.39 is 0 Å². The average Bonchev–Trinajstić information content (AvgIpc) is 2.81. The van der Waals surface area contributed by atoms with Crippen LogP contribution < -0.4 is 4.74 Å². The molecule has 20 heavy (non-hydrogen) atoms. The van der Waals surface area contributed by atoms with Crippen molar-refractivity contribution in [2.24, 2.45) is 5.92 Å². The molecule has 0 N–H and O–H groups in total. The van der Waals surface area contributed by atoms with Gasteiger partial charge in [-0.25, -0.2) is 4.98 Å². The largest absolute Gasteiger partial charge is 0.473 e. The van der Waals surface area contributed by atoms with E-state index in [1.54, 1.807) is 6.20 Å². The summed E-state index contributed by atoms with van der Waals surface area (Å²) in [6, 6.07) is 5.72. The number of pyridine rings is 1. The molecule has 0 saturated carbocycles. The fraction of sp³-hybridized carbons (Fsp3) is 0.600. The van der Waals surface area contributed by atoms with Crippen LogP contribution >= 0.6 is 11.8 Å². The first kappa shape index (κ1) is 13.7. The molecule has 1 aromatic rings. The maximum atomic E-state index is 11.9. The lowest BCUT2D eigenvalue weighted by molar-refractivity contribution is -0.139. The Morgan fingerprint density at radius 3 is 2.95 bits per heavy atom. The van der Waals surface area contributed by atoms with Crippen molar-refractivity contribution in [3.63, 3.8) is 0 Å². The summed E-state index contributed by atoms with van der Waals surface area (Å²) in [7, 11) is 0. The zero-order valence-electron chi connectivity index (χ0n) is 11.9. The first-order valence-corrected chi connectivity index (χ1v) is 8.07. The van der Waals surface area contributed by atoms with Gasteiger partial charge in [0.05, 0.1) is 4.75 Å². The number of carbonyl (C=O) groups excluding carboxylic acids is 1. The minimum Gasteiger partial charge on any atom is -0.473 e. The molecule has 0 bridgehead atoms. The Kier molecular flexibility index (Phi) is 3.63. The molecule has 3 heterocycles. The minimum absolute atomic E-state index is 0.0966. The van der Waals surface area contributed by atoms with Crippen LogP contribution in [0.5, 0.6) is 5.88 Å². The summed E-state index contributed by atoms with van der Waals surface area (Å²) in [4.78, 5) is 18.1. The number of amides is 1. The second-order valence-electron chi connectivity index (χ2n) is 5.95. The van der Waals surface area contributed by atoms with Crippen LogP contribution in [0.2, 0.25) is 0 Å². The number of thioether (sulfide) groups is 1. The lowest BCUT2D eigenvalue weighted by Gasteiger charge is -2.48. The van der Waals surface area contributed by atoms with E-state index in [-0.39, 0.29) is 22.7 Å². The van der Waals surface area contributed by atoms with Crippen molar-refractivity contribution in [2.45, 2.75) is 31.1 Å². The lowest BCUT2D eigenvalue weighted by atomic mass is 9.92. The van der Waals surface area contributed by atoms with Gasteiger partial charge in [-0.05, 0) is 6.07 Å². The minimum atomic E-state index is 0.0966. The lowest BCUT2D eigenvalue weighted by Crippen LogP contribution is -2.61. The van der Waals surface area contributed by atoms with Crippen LogP contribution in [0.3, 0.4) is 0 Å². The summed E-state index contributed by atoms with van der Waals surface area (Å²) in [6.45, 7) is 5.66. The summed E-state index contributed by atoms with van der Waals surface area (Å²) in [5.41, 5.74) is 0. The summed E-state index contributed by atoms with van der Waals surface area (Å²) in [6.07, 6.45) is 2.97. The zero-order valence-corrected chi connectivity index (χ0v) is 12.7. The van der Waals surface area contributed by atoms with Crippen LogP contribution in [0.4, 0.5) is 0 Å². The van der Waals surface area contributed by atoms with Gasteiger partial charge in [-0.15, -0.1) is 11.8 Å². The molecule has 108 valence electrons. The summed E-state index contributed by atoms with van der Waals surface area (Å²) < 4.78 is 6.14. The predicted molar refractivity (Wildman–Crippen MR) is 79.9 cm³/mol. The van der Waals surface area contributed by atoms with Gasteiger partial charge in [0.2, 0.25) is 11.8 Å². The molecule has 0 unspecified atom stereocenters. The number of likely N-dealkylation sites (tertiary alicyclic amines) is 1.